The highest BCUT2D eigenvalue weighted by Gasteiger charge is 2.30. The van der Waals surface area contributed by atoms with Crippen LogP contribution in [0.5, 0.6) is 0 Å². The van der Waals surface area contributed by atoms with Gasteiger partial charge in [-0.05, 0) is 69.1 Å². The standard InChI is InChI=1S/C69H130O17P2/c1-8-9-10-11-12-13-14-15-16-17-20-23-28-36-43-50-66(71)79-56-64(86-69(74)53-46-39-30-25-27-34-41-48-61(4)5)58-83-87(75,76)81-54-63(70)55-82-88(77,78)84-59-65(57-80-67(72)51-44-37-32-31-35-42-49-62(6)7)85-68(73)52-45-38-29-24-21-18-19-22-26-33-40-47-60(2)3/h13-16,60-65,70H,8-12,17-59H2,1-7H3,(H,75,76)(H,77,78)/b14-13-,16-15-/t63-,64-,65-/m1/s1. The lowest BCUT2D eigenvalue weighted by molar-refractivity contribution is -0.161. The second-order valence-corrected chi connectivity index (χ2v) is 28.6. The SMILES string of the molecule is CCCCCC/C=C\C=C/CCCCCCCC(=O)OC[C@H](COP(=O)(O)OC[C@@H](O)COP(=O)(O)OC[C@@H](COC(=O)CCCCCCCCC(C)C)OC(=O)CCCCCCCCCCCCCC(C)C)OC(=O)CCCCCCCCCC(C)C. The molecule has 3 N–H and O–H groups in total. The van der Waals surface area contributed by atoms with E-state index in [2.05, 4.69) is 72.8 Å². The van der Waals surface area contributed by atoms with Gasteiger partial charge in [0.15, 0.2) is 12.2 Å². The molecule has 0 radical (unpaired) electrons. The molecule has 2 unspecified atom stereocenters. The van der Waals surface area contributed by atoms with Gasteiger partial charge in [0.1, 0.15) is 19.3 Å². The van der Waals surface area contributed by atoms with Gasteiger partial charge in [-0.25, -0.2) is 9.13 Å². The Morgan fingerprint density at radius 1 is 0.352 bits per heavy atom. The molecule has 0 aliphatic carbocycles. The minimum absolute atomic E-state index is 0.0961. The van der Waals surface area contributed by atoms with Crippen LogP contribution in [0.3, 0.4) is 0 Å². The van der Waals surface area contributed by atoms with E-state index in [9.17, 15) is 43.2 Å². The molecule has 17 nitrogen and oxygen atoms in total. The zero-order valence-electron chi connectivity index (χ0n) is 56.7. The van der Waals surface area contributed by atoms with Gasteiger partial charge in [-0.3, -0.25) is 37.3 Å². The Balaban J connectivity index is 5.25. The third-order valence-corrected chi connectivity index (χ3v) is 17.2. The van der Waals surface area contributed by atoms with Crippen LogP contribution in [-0.2, 0) is 65.4 Å². The first-order valence-corrected chi connectivity index (χ1v) is 38.2. The lowest BCUT2D eigenvalue weighted by Crippen LogP contribution is -2.30. The van der Waals surface area contributed by atoms with E-state index in [1.165, 1.54) is 103 Å². The summed E-state index contributed by atoms with van der Waals surface area (Å²) in [5.74, 6) is -0.0290. The predicted molar refractivity (Wildman–Crippen MR) is 354 cm³/mol. The van der Waals surface area contributed by atoms with E-state index in [-0.39, 0.29) is 25.7 Å². The van der Waals surface area contributed by atoms with Crippen molar-refractivity contribution in [2.24, 2.45) is 17.8 Å². The number of ether oxygens (including phenoxy) is 4. The third kappa shape index (κ3) is 62.4. The van der Waals surface area contributed by atoms with Crippen LogP contribution >= 0.6 is 15.6 Å². The topological polar surface area (TPSA) is 237 Å². The first-order chi connectivity index (χ1) is 42.2. The second-order valence-electron chi connectivity index (χ2n) is 25.7. The molecule has 0 aromatic heterocycles. The minimum Gasteiger partial charge on any atom is -0.462 e. The molecule has 0 bridgehead atoms. The summed E-state index contributed by atoms with van der Waals surface area (Å²) in [4.78, 5) is 72.4. The van der Waals surface area contributed by atoms with Crippen LogP contribution < -0.4 is 0 Å². The number of carbonyl (C=O) groups excluding carboxylic acids is 4. The second kappa shape index (κ2) is 59.5. The molecular weight excluding hydrogens is 1160 g/mol. The molecule has 0 amide bonds. The number of aliphatic hydroxyl groups is 1. The highest BCUT2D eigenvalue weighted by Crippen LogP contribution is 2.45. The number of carbonyl (C=O) groups is 4. The molecule has 0 spiro atoms. The molecule has 0 saturated heterocycles. The number of phosphoric acid groups is 2. The maximum absolute atomic E-state index is 13.0. The number of hydrogen-bond donors (Lipinski definition) is 3. The molecule has 88 heavy (non-hydrogen) atoms. The lowest BCUT2D eigenvalue weighted by Gasteiger charge is -2.21. The van der Waals surface area contributed by atoms with E-state index in [0.29, 0.717) is 37.5 Å². The summed E-state index contributed by atoms with van der Waals surface area (Å²) < 4.78 is 68.1. The van der Waals surface area contributed by atoms with Gasteiger partial charge in [0.2, 0.25) is 0 Å². The zero-order valence-corrected chi connectivity index (χ0v) is 58.5. The van der Waals surface area contributed by atoms with E-state index in [0.717, 1.165) is 121 Å². The van der Waals surface area contributed by atoms with Gasteiger partial charge in [-0.15, -0.1) is 0 Å². The number of unbranched alkanes of at least 4 members (excludes halogenated alkanes) is 30. The molecule has 0 aliphatic rings. The van der Waals surface area contributed by atoms with Crippen LogP contribution in [0.2, 0.25) is 0 Å². The summed E-state index contributed by atoms with van der Waals surface area (Å²) in [6, 6.07) is 0. The largest absolute Gasteiger partial charge is 0.472 e. The smallest absolute Gasteiger partial charge is 0.462 e. The number of esters is 4. The highest BCUT2D eigenvalue weighted by atomic mass is 31.2. The normalized spacial score (nSPS) is 14.4. The summed E-state index contributed by atoms with van der Waals surface area (Å²) in [5.41, 5.74) is 0. The van der Waals surface area contributed by atoms with Crippen molar-refractivity contribution in [1.82, 2.24) is 0 Å². The minimum atomic E-state index is -4.96. The molecule has 518 valence electrons. The van der Waals surface area contributed by atoms with Crippen molar-refractivity contribution >= 4 is 39.5 Å². The van der Waals surface area contributed by atoms with Gasteiger partial charge in [0.05, 0.1) is 26.4 Å². The Kier molecular flexibility index (Phi) is 57.9. The number of allylic oxidation sites excluding steroid dienone is 4. The molecule has 0 aromatic rings. The van der Waals surface area contributed by atoms with Crippen LogP contribution in [-0.4, -0.2) is 96.7 Å². The van der Waals surface area contributed by atoms with E-state index < -0.39 is 97.5 Å². The fourth-order valence-corrected chi connectivity index (χ4v) is 11.4. The van der Waals surface area contributed by atoms with Gasteiger partial charge in [0, 0.05) is 25.7 Å². The van der Waals surface area contributed by atoms with Crippen molar-refractivity contribution in [3.8, 4) is 0 Å². The average molecular weight is 1290 g/mol. The van der Waals surface area contributed by atoms with Crippen LogP contribution in [0.15, 0.2) is 24.3 Å². The van der Waals surface area contributed by atoms with Crippen molar-refractivity contribution in [2.75, 3.05) is 39.6 Å². The Labute approximate surface area is 535 Å². The number of hydrogen-bond acceptors (Lipinski definition) is 15. The molecule has 0 heterocycles. The molecule has 0 fully saturated rings. The molecule has 0 aliphatic heterocycles. The van der Waals surface area contributed by atoms with Crippen molar-refractivity contribution < 1.29 is 80.2 Å². The summed E-state index contributed by atoms with van der Waals surface area (Å²) in [6.45, 7) is 11.6. The molecule has 0 rings (SSSR count). The van der Waals surface area contributed by atoms with Crippen molar-refractivity contribution in [2.45, 2.75) is 336 Å². The van der Waals surface area contributed by atoms with Crippen LogP contribution in [0, 0.1) is 17.8 Å². The average Bonchev–Trinajstić information content (AvgIpc) is 3.48. The van der Waals surface area contributed by atoms with Crippen LogP contribution in [0.4, 0.5) is 0 Å². The monoisotopic (exact) mass is 1290 g/mol. The fraction of sp³-hybridized carbons (Fsp3) is 0.884. The van der Waals surface area contributed by atoms with Crippen molar-refractivity contribution in [1.29, 1.82) is 0 Å². The summed E-state index contributed by atoms with van der Waals surface area (Å²) >= 11 is 0. The summed E-state index contributed by atoms with van der Waals surface area (Å²) in [6.07, 6.45) is 45.5. The zero-order chi connectivity index (χ0) is 65.2. The summed E-state index contributed by atoms with van der Waals surface area (Å²) in [5, 5.41) is 10.6. The van der Waals surface area contributed by atoms with E-state index in [1.807, 2.05) is 0 Å². The molecule has 0 aromatic carbocycles. The van der Waals surface area contributed by atoms with Gasteiger partial charge in [-0.2, -0.15) is 0 Å². The Morgan fingerprint density at radius 3 is 0.920 bits per heavy atom. The molecule has 19 heteroatoms. The van der Waals surface area contributed by atoms with E-state index in [4.69, 9.17) is 37.0 Å². The van der Waals surface area contributed by atoms with E-state index >= 15 is 0 Å². The maximum atomic E-state index is 13.0. The third-order valence-electron chi connectivity index (χ3n) is 15.3. The van der Waals surface area contributed by atoms with Gasteiger partial charge in [-0.1, -0.05) is 265 Å². The highest BCUT2D eigenvalue weighted by molar-refractivity contribution is 7.47. The molecule has 0 saturated carbocycles. The van der Waals surface area contributed by atoms with Gasteiger partial charge < -0.3 is 33.8 Å². The number of rotatable bonds is 65. The number of phosphoric ester groups is 2. The quantitative estimate of drug-likeness (QED) is 0.0169. The Hall–Kier alpha value is -2.46. The fourth-order valence-electron chi connectivity index (χ4n) is 9.82. The van der Waals surface area contributed by atoms with Crippen molar-refractivity contribution in [3.63, 3.8) is 0 Å². The van der Waals surface area contributed by atoms with E-state index in [1.54, 1.807) is 0 Å². The van der Waals surface area contributed by atoms with Crippen molar-refractivity contribution in [3.05, 3.63) is 24.3 Å². The van der Waals surface area contributed by atoms with Gasteiger partial charge in [0.25, 0.3) is 0 Å². The Morgan fingerprint density at radius 2 is 0.614 bits per heavy atom. The first kappa shape index (κ1) is 85.5. The van der Waals surface area contributed by atoms with Crippen LogP contribution in [0.25, 0.3) is 0 Å². The number of aliphatic hydroxyl groups excluding tert-OH is 1. The molecular formula is C69H130O17P2. The lowest BCUT2D eigenvalue weighted by atomic mass is 10.0. The molecule has 5 atom stereocenters. The maximum Gasteiger partial charge on any atom is 0.472 e. The first-order valence-electron chi connectivity index (χ1n) is 35.2. The predicted octanol–water partition coefficient (Wildman–Crippen LogP) is 19.0. The Bertz CT molecular complexity index is 1830. The van der Waals surface area contributed by atoms with Crippen LogP contribution in [0.1, 0.15) is 318 Å². The van der Waals surface area contributed by atoms with Gasteiger partial charge >= 0.3 is 39.5 Å². The summed E-state index contributed by atoms with van der Waals surface area (Å²) in [7, 11) is -9.91.